The van der Waals surface area contributed by atoms with Gasteiger partial charge in [0.05, 0.1) is 28.8 Å². The Morgan fingerprint density at radius 2 is 1.71 bits per heavy atom. The topological polar surface area (TPSA) is 77.4 Å². The molecule has 0 bridgehead atoms. The van der Waals surface area contributed by atoms with Gasteiger partial charge in [0.25, 0.3) is 0 Å². The van der Waals surface area contributed by atoms with Crippen LogP contribution in [-0.2, 0) is 16.1 Å². The van der Waals surface area contributed by atoms with Crippen molar-refractivity contribution in [3.05, 3.63) is 104 Å². The summed E-state index contributed by atoms with van der Waals surface area (Å²) in [5, 5.41) is 12.3. The lowest BCUT2D eigenvalue weighted by Gasteiger charge is -2.15. The number of carbonyl (C=O) groups is 1. The molecule has 6 nitrogen and oxygen atoms in total. The van der Waals surface area contributed by atoms with Crippen molar-refractivity contribution in [1.29, 1.82) is 0 Å². The molecule has 0 aliphatic carbocycles. The number of thioether (sulfide) groups is 1. The third kappa shape index (κ3) is 6.54. The Hall–Kier alpha value is -3.39. The minimum Gasteiger partial charge on any atom is -0.506 e. The molecule has 38 heavy (non-hydrogen) atoms. The van der Waals surface area contributed by atoms with Gasteiger partial charge in [-0.2, -0.15) is 0 Å². The molecule has 0 fully saturated rings. The molecule has 196 valence electrons. The lowest BCUT2D eigenvalue weighted by molar-refractivity contribution is -0.138. The number of aliphatic imine (C=N–C) groups is 1. The summed E-state index contributed by atoms with van der Waals surface area (Å²) >= 11 is 14.0. The minimum absolute atomic E-state index is 0.0165. The summed E-state index contributed by atoms with van der Waals surface area (Å²) in [5.74, 6) is -0.0367. The van der Waals surface area contributed by atoms with Gasteiger partial charge >= 0.3 is 5.97 Å². The van der Waals surface area contributed by atoms with Crippen molar-refractivity contribution in [2.24, 2.45) is 4.99 Å². The third-order valence-corrected chi connectivity index (χ3v) is 6.99. The molecule has 1 aliphatic heterocycles. The molecule has 1 aliphatic rings. The first kappa shape index (κ1) is 27.6. The molecule has 4 rings (SSSR count). The van der Waals surface area contributed by atoms with Crippen LogP contribution in [0.2, 0.25) is 10.0 Å². The Balaban J connectivity index is 1.68. The van der Waals surface area contributed by atoms with E-state index in [-0.39, 0.29) is 24.5 Å². The maximum absolute atomic E-state index is 12.7. The number of halogens is 2. The highest BCUT2D eigenvalue weighted by atomic mass is 35.5. The van der Waals surface area contributed by atoms with E-state index < -0.39 is 5.97 Å². The molecule has 0 atom stereocenters. The highest BCUT2D eigenvalue weighted by molar-refractivity contribution is 8.18. The molecular weight excluding hydrogens is 545 g/mol. The van der Waals surface area contributed by atoms with Gasteiger partial charge in [0.1, 0.15) is 23.0 Å². The largest absolute Gasteiger partial charge is 0.506 e. The molecule has 0 unspecified atom stereocenters. The average molecular weight is 570 g/mol. The van der Waals surface area contributed by atoms with E-state index in [1.807, 2.05) is 55.5 Å². The van der Waals surface area contributed by atoms with Gasteiger partial charge in [0.15, 0.2) is 11.5 Å². The second-order valence-corrected chi connectivity index (χ2v) is 9.80. The Bertz CT molecular complexity index is 1420. The van der Waals surface area contributed by atoms with Crippen molar-refractivity contribution < 1.29 is 24.1 Å². The van der Waals surface area contributed by atoms with E-state index in [0.29, 0.717) is 49.4 Å². The Morgan fingerprint density at radius 1 is 0.974 bits per heavy atom. The predicted octanol–water partition coefficient (Wildman–Crippen LogP) is 8.16. The number of ether oxygens (including phenoxy) is 3. The molecule has 3 aromatic rings. The van der Waals surface area contributed by atoms with Gasteiger partial charge in [-0.05, 0) is 55.8 Å². The second kappa shape index (κ2) is 12.9. The van der Waals surface area contributed by atoms with E-state index in [4.69, 9.17) is 37.4 Å². The smallest absolute Gasteiger partial charge is 0.344 e. The van der Waals surface area contributed by atoms with Gasteiger partial charge in [0.2, 0.25) is 0 Å². The zero-order valence-electron chi connectivity index (χ0n) is 20.7. The van der Waals surface area contributed by atoms with Crippen LogP contribution < -0.4 is 9.47 Å². The van der Waals surface area contributed by atoms with Crippen LogP contribution >= 0.6 is 35.0 Å². The fourth-order valence-electron chi connectivity index (χ4n) is 3.60. The highest BCUT2D eigenvalue weighted by Crippen LogP contribution is 2.43. The van der Waals surface area contributed by atoms with Crippen LogP contribution in [0.1, 0.15) is 25.0 Å². The highest BCUT2D eigenvalue weighted by Gasteiger charge is 2.33. The summed E-state index contributed by atoms with van der Waals surface area (Å²) in [6.45, 7) is 4.33. The van der Waals surface area contributed by atoms with Crippen molar-refractivity contribution in [3.8, 4) is 11.5 Å². The molecule has 0 spiro atoms. The average Bonchev–Trinajstić information content (AvgIpc) is 3.19. The summed E-state index contributed by atoms with van der Waals surface area (Å²) in [6, 6.07) is 20.0. The number of nitrogens with zero attached hydrogens (tertiary/aromatic N) is 1. The van der Waals surface area contributed by atoms with Crippen LogP contribution in [0.3, 0.4) is 0 Å². The van der Waals surface area contributed by atoms with E-state index in [9.17, 15) is 9.90 Å². The number of rotatable bonds is 9. The lowest BCUT2D eigenvalue weighted by Crippen LogP contribution is -2.12. The SMILES string of the molecule is CCOC(=O)C1=C(O)/C(=C/c2cc(Cl)c(OCc3ccccc3Cl)c(OCC)c2)SC1=Nc1ccccc1. The molecular formula is C29H25Cl2NO5S. The van der Waals surface area contributed by atoms with E-state index in [0.717, 1.165) is 5.56 Å². The minimum atomic E-state index is -0.646. The Labute approximate surface area is 235 Å². The number of hydrogen-bond acceptors (Lipinski definition) is 7. The van der Waals surface area contributed by atoms with Crippen LogP contribution in [0.5, 0.6) is 11.5 Å². The van der Waals surface area contributed by atoms with Gasteiger partial charge in [-0.1, -0.05) is 71.4 Å². The molecule has 0 radical (unpaired) electrons. The predicted molar refractivity (Wildman–Crippen MR) is 154 cm³/mol. The zero-order valence-corrected chi connectivity index (χ0v) is 23.1. The van der Waals surface area contributed by atoms with Crippen molar-refractivity contribution in [1.82, 2.24) is 0 Å². The van der Waals surface area contributed by atoms with Gasteiger partial charge in [0, 0.05) is 10.6 Å². The van der Waals surface area contributed by atoms with E-state index in [2.05, 4.69) is 4.99 Å². The lowest BCUT2D eigenvalue weighted by atomic mass is 10.1. The van der Waals surface area contributed by atoms with Crippen LogP contribution in [0.4, 0.5) is 5.69 Å². The number of benzene rings is 3. The fraction of sp³-hybridized carbons (Fsp3) is 0.172. The zero-order chi connectivity index (χ0) is 27.1. The standard InChI is InChI=1S/C29H25Cl2NO5S/c1-3-35-23-15-18(14-22(31)27(23)37-17-19-10-8-9-13-21(19)30)16-24-26(33)25(29(34)36-4-2)28(38-24)32-20-11-6-5-7-12-20/h5-16,33H,3-4,17H2,1-2H3/b24-16-,32-28?. The first-order valence-electron chi connectivity index (χ1n) is 11.9. The quantitative estimate of drug-likeness (QED) is 0.262. The Kier molecular flexibility index (Phi) is 9.39. The normalized spacial score (nSPS) is 15.3. The molecule has 0 amide bonds. The van der Waals surface area contributed by atoms with Crippen LogP contribution in [0, 0.1) is 0 Å². The molecule has 3 aromatic carbocycles. The van der Waals surface area contributed by atoms with E-state index in [1.165, 1.54) is 11.8 Å². The third-order valence-electron chi connectivity index (χ3n) is 5.32. The molecule has 0 saturated carbocycles. The molecule has 9 heteroatoms. The number of esters is 1. The summed E-state index contributed by atoms with van der Waals surface area (Å²) in [7, 11) is 0. The maximum atomic E-state index is 12.7. The number of carbonyl (C=O) groups excluding carboxylic acids is 1. The molecule has 1 heterocycles. The van der Waals surface area contributed by atoms with Crippen LogP contribution in [0.25, 0.3) is 6.08 Å². The van der Waals surface area contributed by atoms with Gasteiger partial charge in [-0.3, -0.25) is 0 Å². The number of hydrogen-bond donors (Lipinski definition) is 1. The van der Waals surface area contributed by atoms with Gasteiger partial charge in [-0.25, -0.2) is 9.79 Å². The van der Waals surface area contributed by atoms with Crippen LogP contribution in [-0.4, -0.2) is 29.3 Å². The Morgan fingerprint density at radius 3 is 2.42 bits per heavy atom. The van der Waals surface area contributed by atoms with E-state index >= 15 is 0 Å². The first-order chi connectivity index (χ1) is 18.4. The number of para-hydroxylation sites is 1. The van der Waals surface area contributed by atoms with Gasteiger partial charge in [-0.15, -0.1) is 0 Å². The van der Waals surface area contributed by atoms with Crippen molar-refractivity contribution in [2.45, 2.75) is 20.5 Å². The summed E-state index contributed by atoms with van der Waals surface area (Å²) < 4.78 is 17.0. The van der Waals surface area contributed by atoms with Crippen molar-refractivity contribution >= 4 is 57.7 Å². The van der Waals surface area contributed by atoms with Crippen molar-refractivity contribution in [3.63, 3.8) is 0 Å². The fourth-order valence-corrected chi connectivity index (χ4v) is 5.10. The number of aliphatic hydroxyl groups is 1. The molecule has 1 N–H and O–H groups in total. The summed E-state index contributed by atoms with van der Waals surface area (Å²) in [6.07, 6.45) is 1.71. The molecule has 0 aromatic heterocycles. The van der Waals surface area contributed by atoms with Crippen LogP contribution in [0.15, 0.2) is 88.0 Å². The number of aliphatic hydroxyl groups excluding tert-OH is 1. The maximum Gasteiger partial charge on any atom is 0.344 e. The van der Waals surface area contributed by atoms with Gasteiger partial charge < -0.3 is 19.3 Å². The van der Waals surface area contributed by atoms with E-state index in [1.54, 1.807) is 31.2 Å². The van der Waals surface area contributed by atoms with Crippen molar-refractivity contribution in [2.75, 3.05) is 13.2 Å². The second-order valence-electron chi connectivity index (χ2n) is 7.95. The summed E-state index contributed by atoms with van der Waals surface area (Å²) in [5.41, 5.74) is 2.12. The monoisotopic (exact) mass is 569 g/mol. The first-order valence-corrected chi connectivity index (χ1v) is 13.4. The molecule has 0 saturated heterocycles. The summed E-state index contributed by atoms with van der Waals surface area (Å²) in [4.78, 5) is 17.7.